The molecule has 0 saturated carbocycles. The molecule has 0 saturated heterocycles. The van der Waals surface area contributed by atoms with Gasteiger partial charge in [-0.05, 0) is 53.1 Å². The molecule has 5 rings (SSSR count). The van der Waals surface area contributed by atoms with Crippen LogP contribution in [0.1, 0.15) is 39.8 Å². The maximum Gasteiger partial charge on any atom is 0.157 e. The molecule has 0 amide bonds. The molecule has 1 aliphatic heterocycles. The number of benzene rings is 4. The molecule has 37 heavy (non-hydrogen) atoms. The van der Waals surface area contributed by atoms with Crippen LogP contribution in [0.4, 0.5) is 0 Å². The quantitative estimate of drug-likeness (QED) is 0.157. The second kappa shape index (κ2) is 9.33. The van der Waals surface area contributed by atoms with Crippen molar-refractivity contribution in [3.05, 3.63) is 101 Å². The number of ether oxygens (including phenoxy) is 1. The Kier molecular flexibility index (Phi) is 6.02. The number of aliphatic hydroxyl groups excluding tert-OH is 1. The largest absolute Gasteiger partial charge is 0.508 e. The average molecular weight is 501 g/mol. The lowest BCUT2D eigenvalue weighted by atomic mass is 9.78. The topological polar surface area (TPSA) is 151 Å². The molecule has 0 fully saturated rings. The van der Waals surface area contributed by atoms with Gasteiger partial charge in [-0.2, -0.15) is 0 Å². The fourth-order valence-electron chi connectivity index (χ4n) is 4.65. The minimum Gasteiger partial charge on any atom is -0.508 e. The Hall–Kier alpha value is -4.82. The van der Waals surface area contributed by atoms with Gasteiger partial charge in [0.25, 0.3) is 0 Å². The fourth-order valence-corrected chi connectivity index (χ4v) is 4.65. The third-order valence-corrected chi connectivity index (χ3v) is 6.40. The van der Waals surface area contributed by atoms with Crippen LogP contribution >= 0.6 is 0 Å². The van der Waals surface area contributed by atoms with Crippen LogP contribution in [0.5, 0.6) is 40.2 Å². The van der Waals surface area contributed by atoms with Gasteiger partial charge in [-0.3, -0.25) is 0 Å². The zero-order valence-corrected chi connectivity index (χ0v) is 19.4. The van der Waals surface area contributed by atoms with E-state index in [1.54, 1.807) is 36.4 Å². The highest BCUT2D eigenvalue weighted by atomic mass is 16.5. The van der Waals surface area contributed by atoms with Crippen molar-refractivity contribution in [2.45, 2.75) is 18.1 Å². The van der Waals surface area contributed by atoms with Gasteiger partial charge in [0, 0.05) is 29.2 Å². The van der Waals surface area contributed by atoms with E-state index in [0.29, 0.717) is 33.6 Å². The Morgan fingerprint density at radius 1 is 0.622 bits per heavy atom. The van der Waals surface area contributed by atoms with E-state index in [0.717, 1.165) is 0 Å². The molecule has 7 N–H and O–H groups in total. The molecule has 0 radical (unpaired) electrons. The average Bonchev–Trinajstić information content (AvgIpc) is 2.85. The van der Waals surface area contributed by atoms with Gasteiger partial charge < -0.3 is 40.5 Å². The first-order chi connectivity index (χ1) is 17.7. The summed E-state index contributed by atoms with van der Waals surface area (Å²) in [4.78, 5) is 0. The lowest BCUT2D eigenvalue weighted by Crippen LogP contribution is -2.35. The Morgan fingerprint density at radius 3 is 2.08 bits per heavy atom. The van der Waals surface area contributed by atoms with E-state index in [9.17, 15) is 35.7 Å². The zero-order chi connectivity index (χ0) is 26.3. The van der Waals surface area contributed by atoms with Gasteiger partial charge in [0.15, 0.2) is 17.6 Å². The van der Waals surface area contributed by atoms with Gasteiger partial charge in [0.1, 0.15) is 34.9 Å². The highest BCUT2D eigenvalue weighted by molar-refractivity contribution is 5.75. The standard InChI is InChI=1S/C29H24O8/c30-18-6-4-16(5-7-18)29-28(36)27(21-9-8-19(31)14-25(21)37-29)26-17(12-20(32)13-24(26)35)3-1-15-2-10-22(33)23(34)11-15/h1-14,27-36H. The summed E-state index contributed by atoms with van der Waals surface area (Å²) < 4.78 is 6.07. The van der Waals surface area contributed by atoms with Crippen molar-refractivity contribution in [2.75, 3.05) is 0 Å². The van der Waals surface area contributed by atoms with Gasteiger partial charge in [0.2, 0.25) is 0 Å². The van der Waals surface area contributed by atoms with Crippen LogP contribution in [0, 0.1) is 0 Å². The number of rotatable bonds is 4. The van der Waals surface area contributed by atoms with Crippen molar-refractivity contribution in [2.24, 2.45) is 0 Å². The van der Waals surface area contributed by atoms with Gasteiger partial charge in [-0.15, -0.1) is 0 Å². The van der Waals surface area contributed by atoms with E-state index in [2.05, 4.69) is 0 Å². The molecule has 3 unspecified atom stereocenters. The van der Waals surface area contributed by atoms with Crippen LogP contribution in [-0.4, -0.2) is 41.8 Å². The van der Waals surface area contributed by atoms with Crippen LogP contribution in [0.3, 0.4) is 0 Å². The molecule has 4 aromatic carbocycles. The Bertz CT molecular complexity index is 1490. The second-order valence-electron chi connectivity index (χ2n) is 8.87. The predicted octanol–water partition coefficient (Wildman–Crippen LogP) is 4.72. The maximum absolute atomic E-state index is 11.6. The molecule has 4 aromatic rings. The normalized spacial score (nSPS) is 18.9. The highest BCUT2D eigenvalue weighted by Gasteiger charge is 2.41. The molecule has 188 valence electrons. The first-order valence-corrected chi connectivity index (χ1v) is 11.4. The number of hydrogen-bond acceptors (Lipinski definition) is 8. The fraction of sp³-hybridized carbons (Fsp3) is 0.103. The van der Waals surface area contributed by atoms with Crippen LogP contribution in [0.2, 0.25) is 0 Å². The SMILES string of the molecule is Oc1ccc(C2Oc3cc(O)ccc3C(c3c(O)cc(O)cc3C=Cc3ccc(O)c(O)c3)C2O)cc1. The molecule has 8 nitrogen and oxygen atoms in total. The minimum atomic E-state index is -1.21. The summed E-state index contributed by atoms with van der Waals surface area (Å²) in [7, 11) is 0. The Labute approximate surface area is 211 Å². The third-order valence-electron chi connectivity index (χ3n) is 6.40. The van der Waals surface area contributed by atoms with Crippen molar-refractivity contribution in [1.29, 1.82) is 0 Å². The molecule has 0 spiro atoms. The van der Waals surface area contributed by atoms with Gasteiger partial charge >= 0.3 is 0 Å². The lowest BCUT2D eigenvalue weighted by Gasteiger charge is -2.38. The van der Waals surface area contributed by atoms with Crippen LogP contribution in [-0.2, 0) is 0 Å². The molecule has 0 aliphatic carbocycles. The zero-order valence-electron chi connectivity index (χ0n) is 19.4. The Morgan fingerprint density at radius 2 is 1.35 bits per heavy atom. The van der Waals surface area contributed by atoms with E-state index in [1.165, 1.54) is 48.5 Å². The summed E-state index contributed by atoms with van der Waals surface area (Å²) in [5, 5.41) is 72.0. The molecule has 0 aromatic heterocycles. The Balaban J connectivity index is 1.66. The van der Waals surface area contributed by atoms with Crippen LogP contribution in [0.15, 0.2) is 72.8 Å². The first kappa shape index (κ1) is 23.9. The number of fused-ring (bicyclic) bond motifs is 1. The number of hydrogen-bond donors (Lipinski definition) is 7. The van der Waals surface area contributed by atoms with Crippen molar-refractivity contribution >= 4 is 12.2 Å². The van der Waals surface area contributed by atoms with Crippen molar-refractivity contribution in [3.8, 4) is 40.2 Å². The van der Waals surface area contributed by atoms with Crippen LogP contribution in [0.25, 0.3) is 12.2 Å². The monoisotopic (exact) mass is 500 g/mol. The van der Waals surface area contributed by atoms with E-state index < -0.39 is 18.1 Å². The number of aromatic hydroxyl groups is 6. The van der Waals surface area contributed by atoms with Gasteiger partial charge in [-0.25, -0.2) is 0 Å². The molecule has 0 bridgehead atoms. The highest BCUT2D eigenvalue weighted by Crippen LogP contribution is 2.50. The van der Waals surface area contributed by atoms with Crippen molar-refractivity contribution < 1.29 is 40.5 Å². The summed E-state index contributed by atoms with van der Waals surface area (Å²) in [5.74, 6) is -1.55. The van der Waals surface area contributed by atoms with E-state index >= 15 is 0 Å². The predicted molar refractivity (Wildman–Crippen MR) is 136 cm³/mol. The summed E-state index contributed by atoms with van der Waals surface area (Å²) >= 11 is 0. The van der Waals surface area contributed by atoms with Crippen LogP contribution < -0.4 is 4.74 Å². The van der Waals surface area contributed by atoms with E-state index in [4.69, 9.17) is 4.74 Å². The van der Waals surface area contributed by atoms with E-state index in [1.807, 2.05) is 0 Å². The maximum atomic E-state index is 11.6. The smallest absolute Gasteiger partial charge is 0.157 e. The van der Waals surface area contributed by atoms with Crippen molar-refractivity contribution in [3.63, 3.8) is 0 Å². The minimum absolute atomic E-state index is 0.0412. The van der Waals surface area contributed by atoms with Gasteiger partial charge in [-0.1, -0.05) is 36.4 Å². The summed E-state index contributed by atoms with van der Waals surface area (Å²) in [6, 6.07) is 17.5. The number of phenolic OH excluding ortho intramolecular Hbond substituents is 6. The van der Waals surface area contributed by atoms with Gasteiger partial charge in [0.05, 0.1) is 0 Å². The molecular formula is C29H24O8. The van der Waals surface area contributed by atoms with E-state index in [-0.39, 0.29) is 34.5 Å². The molecule has 1 heterocycles. The number of phenols is 6. The molecule has 8 heteroatoms. The third kappa shape index (κ3) is 4.57. The molecule has 1 aliphatic rings. The first-order valence-electron chi connectivity index (χ1n) is 11.4. The molecular weight excluding hydrogens is 476 g/mol. The number of aliphatic hydroxyl groups is 1. The summed E-state index contributed by atoms with van der Waals surface area (Å²) in [6.45, 7) is 0. The summed E-state index contributed by atoms with van der Waals surface area (Å²) in [6.07, 6.45) is 1.12. The lowest BCUT2D eigenvalue weighted by molar-refractivity contribution is 0.00784. The summed E-state index contributed by atoms with van der Waals surface area (Å²) in [5.41, 5.74) is 2.32. The second-order valence-corrected chi connectivity index (χ2v) is 8.87. The van der Waals surface area contributed by atoms with Crippen molar-refractivity contribution in [1.82, 2.24) is 0 Å². The molecule has 3 atom stereocenters.